The lowest BCUT2D eigenvalue weighted by molar-refractivity contribution is -0.0459. The Bertz CT molecular complexity index is 151. The van der Waals surface area contributed by atoms with Gasteiger partial charge in [0.05, 0.1) is 12.7 Å². The average molecular weight is 170 g/mol. The van der Waals surface area contributed by atoms with Gasteiger partial charge in [-0.2, -0.15) is 0 Å². The number of hydrogen-bond donors (Lipinski definition) is 1. The molecule has 0 saturated carbocycles. The molecule has 2 aliphatic heterocycles. The summed E-state index contributed by atoms with van der Waals surface area (Å²) in [5.41, 5.74) is 0. The van der Waals surface area contributed by atoms with Gasteiger partial charge in [0.2, 0.25) is 0 Å². The summed E-state index contributed by atoms with van der Waals surface area (Å²) in [5, 5.41) is 3.51. The van der Waals surface area contributed by atoms with Crippen LogP contribution >= 0.6 is 0 Å². The van der Waals surface area contributed by atoms with Gasteiger partial charge in [-0.25, -0.2) is 0 Å². The first-order valence-electron chi connectivity index (χ1n) is 4.97. The molecule has 2 atom stereocenters. The van der Waals surface area contributed by atoms with Crippen LogP contribution in [0, 0.1) is 0 Å². The molecule has 3 nitrogen and oxygen atoms in total. The highest BCUT2D eigenvalue weighted by atomic mass is 16.5. The molecule has 2 aliphatic rings. The highest BCUT2D eigenvalue weighted by Crippen LogP contribution is 2.15. The summed E-state index contributed by atoms with van der Waals surface area (Å²) in [6, 6.07) is 0.626. The molecule has 0 spiro atoms. The van der Waals surface area contributed by atoms with Gasteiger partial charge in [-0.05, 0) is 19.5 Å². The van der Waals surface area contributed by atoms with E-state index in [0.717, 1.165) is 26.2 Å². The van der Waals surface area contributed by atoms with Crippen LogP contribution in [0.1, 0.15) is 13.3 Å². The number of nitrogens with one attached hydrogen (secondary N) is 1. The minimum Gasteiger partial charge on any atom is -0.374 e. The molecule has 2 heterocycles. The van der Waals surface area contributed by atoms with Gasteiger partial charge < -0.3 is 15.0 Å². The Morgan fingerprint density at radius 1 is 1.58 bits per heavy atom. The predicted octanol–water partition coefficient (Wildman–Crippen LogP) is 0.0690. The van der Waals surface area contributed by atoms with E-state index in [4.69, 9.17) is 4.74 Å². The number of piperidine rings is 1. The van der Waals surface area contributed by atoms with E-state index in [9.17, 15) is 0 Å². The quantitative estimate of drug-likeness (QED) is 0.602. The number of ether oxygens (including phenoxy) is 1. The zero-order valence-electron chi connectivity index (χ0n) is 7.75. The molecule has 0 aromatic carbocycles. The molecule has 12 heavy (non-hydrogen) atoms. The number of likely N-dealkylation sites (N-methyl/N-ethyl adjacent to an activating group) is 1. The highest BCUT2D eigenvalue weighted by Gasteiger charge is 2.30. The largest absolute Gasteiger partial charge is 0.374 e. The van der Waals surface area contributed by atoms with Crippen molar-refractivity contribution in [2.45, 2.75) is 25.5 Å². The standard InChI is InChI=1S/C9H18N2O/c1-2-11-5-3-8-9(7-11)12-6-4-10-8/h8-10H,2-7H2,1H3/t8-,9-/m0/s1. The normalized spacial score (nSPS) is 37.8. The molecule has 1 N–H and O–H groups in total. The van der Waals surface area contributed by atoms with Gasteiger partial charge in [0.25, 0.3) is 0 Å². The first-order valence-corrected chi connectivity index (χ1v) is 4.97. The third-order valence-electron chi connectivity index (χ3n) is 2.93. The maximum Gasteiger partial charge on any atom is 0.0855 e. The molecule has 2 rings (SSSR count). The van der Waals surface area contributed by atoms with Gasteiger partial charge in [-0.3, -0.25) is 0 Å². The summed E-state index contributed by atoms with van der Waals surface area (Å²) in [6.07, 6.45) is 1.70. The van der Waals surface area contributed by atoms with Crippen molar-refractivity contribution in [2.75, 3.05) is 32.8 Å². The van der Waals surface area contributed by atoms with E-state index in [1.165, 1.54) is 13.0 Å². The number of rotatable bonds is 1. The van der Waals surface area contributed by atoms with Crippen LogP contribution in [0.25, 0.3) is 0 Å². The lowest BCUT2D eigenvalue weighted by Crippen LogP contribution is -2.57. The van der Waals surface area contributed by atoms with Crippen LogP contribution in [0.2, 0.25) is 0 Å². The van der Waals surface area contributed by atoms with Crippen LogP contribution in [0.3, 0.4) is 0 Å². The van der Waals surface area contributed by atoms with E-state index < -0.39 is 0 Å². The van der Waals surface area contributed by atoms with Crippen LogP contribution in [-0.2, 0) is 4.74 Å². The maximum atomic E-state index is 5.71. The second kappa shape index (κ2) is 3.73. The van der Waals surface area contributed by atoms with Crippen molar-refractivity contribution in [1.82, 2.24) is 10.2 Å². The molecular formula is C9H18N2O. The SMILES string of the molecule is CCN1CC[C@@H]2NCCO[C@H]2C1. The first-order chi connectivity index (χ1) is 5.90. The molecule has 0 aromatic heterocycles. The lowest BCUT2D eigenvalue weighted by atomic mass is 10.0. The van der Waals surface area contributed by atoms with Crippen LogP contribution in [0.4, 0.5) is 0 Å². The lowest BCUT2D eigenvalue weighted by Gasteiger charge is -2.41. The summed E-state index contributed by atoms with van der Waals surface area (Å²) < 4.78 is 5.71. The van der Waals surface area contributed by atoms with Crippen molar-refractivity contribution in [1.29, 1.82) is 0 Å². The summed E-state index contributed by atoms with van der Waals surface area (Å²) in [5.74, 6) is 0. The minimum absolute atomic E-state index is 0.451. The van der Waals surface area contributed by atoms with Gasteiger partial charge in [0.15, 0.2) is 0 Å². The first kappa shape index (κ1) is 8.48. The Morgan fingerprint density at radius 3 is 3.33 bits per heavy atom. The van der Waals surface area contributed by atoms with Crippen LogP contribution in [0.5, 0.6) is 0 Å². The summed E-state index contributed by atoms with van der Waals surface area (Å²) in [4.78, 5) is 2.47. The minimum atomic E-state index is 0.451. The smallest absolute Gasteiger partial charge is 0.0855 e. The molecular weight excluding hydrogens is 152 g/mol. The topological polar surface area (TPSA) is 24.5 Å². The number of nitrogens with zero attached hydrogens (tertiary/aromatic N) is 1. The van der Waals surface area contributed by atoms with Crippen molar-refractivity contribution in [2.24, 2.45) is 0 Å². The molecule has 3 heteroatoms. The molecule has 0 aliphatic carbocycles. The Labute approximate surface area is 74.1 Å². The zero-order chi connectivity index (χ0) is 8.39. The monoisotopic (exact) mass is 170 g/mol. The molecule has 0 amide bonds. The van der Waals surface area contributed by atoms with Gasteiger partial charge in [-0.1, -0.05) is 6.92 Å². The molecule has 0 aromatic rings. The van der Waals surface area contributed by atoms with E-state index in [1.807, 2.05) is 0 Å². The van der Waals surface area contributed by atoms with Gasteiger partial charge in [0.1, 0.15) is 0 Å². The third-order valence-corrected chi connectivity index (χ3v) is 2.93. The van der Waals surface area contributed by atoms with E-state index in [1.54, 1.807) is 0 Å². The third kappa shape index (κ3) is 1.63. The summed E-state index contributed by atoms with van der Waals surface area (Å²) in [7, 11) is 0. The Balaban J connectivity index is 1.90. The average Bonchev–Trinajstić information content (AvgIpc) is 2.17. The van der Waals surface area contributed by atoms with Crippen molar-refractivity contribution >= 4 is 0 Å². The molecule has 0 unspecified atom stereocenters. The summed E-state index contributed by atoms with van der Waals surface area (Å²) in [6.45, 7) is 7.65. The van der Waals surface area contributed by atoms with Crippen LogP contribution < -0.4 is 5.32 Å². The fraction of sp³-hybridized carbons (Fsp3) is 1.00. The van der Waals surface area contributed by atoms with Crippen LogP contribution in [0.15, 0.2) is 0 Å². The second-order valence-corrected chi connectivity index (χ2v) is 3.65. The number of morpholine rings is 1. The highest BCUT2D eigenvalue weighted by molar-refractivity contribution is 4.88. The van der Waals surface area contributed by atoms with E-state index >= 15 is 0 Å². The molecule has 2 fully saturated rings. The fourth-order valence-corrected chi connectivity index (χ4v) is 2.12. The predicted molar refractivity (Wildman–Crippen MR) is 48.3 cm³/mol. The van der Waals surface area contributed by atoms with Crippen LogP contribution in [-0.4, -0.2) is 49.8 Å². The zero-order valence-corrected chi connectivity index (χ0v) is 7.75. The van der Waals surface area contributed by atoms with Crippen molar-refractivity contribution in [3.8, 4) is 0 Å². The maximum absolute atomic E-state index is 5.71. The van der Waals surface area contributed by atoms with Gasteiger partial charge in [-0.15, -0.1) is 0 Å². The van der Waals surface area contributed by atoms with E-state index in [2.05, 4.69) is 17.1 Å². The van der Waals surface area contributed by atoms with Crippen molar-refractivity contribution < 1.29 is 4.74 Å². The fourth-order valence-electron chi connectivity index (χ4n) is 2.12. The summed E-state index contributed by atoms with van der Waals surface area (Å²) >= 11 is 0. The molecule has 0 radical (unpaired) electrons. The Hall–Kier alpha value is -0.120. The molecule has 70 valence electrons. The number of likely N-dealkylation sites (tertiary alicyclic amines) is 1. The van der Waals surface area contributed by atoms with Crippen molar-refractivity contribution in [3.05, 3.63) is 0 Å². The van der Waals surface area contributed by atoms with Crippen molar-refractivity contribution in [3.63, 3.8) is 0 Å². The molecule has 2 saturated heterocycles. The van der Waals surface area contributed by atoms with E-state index in [0.29, 0.717) is 12.1 Å². The number of hydrogen-bond acceptors (Lipinski definition) is 3. The van der Waals surface area contributed by atoms with E-state index in [-0.39, 0.29) is 0 Å². The Kier molecular flexibility index (Phi) is 2.63. The van der Waals surface area contributed by atoms with Gasteiger partial charge >= 0.3 is 0 Å². The second-order valence-electron chi connectivity index (χ2n) is 3.65. The van der Waals surface area contributed by atoms with Gasteiger partial charge in [0, 0.05) is 19.1 Å². The number of fused-ring (bicyclic) bond motifs is 1. The molecule has 0 bridgehead atoms. The Morgan fingerprint density at radius 2 is 2.50 bits per heavy atom.